The Hall–Kier alpha value is -1.82. The number of aromatic nitrogens is 1. The third-order valence-electron chi connectivity index (χ3n) is 2.87. The molecule has 0 radical (unpaired) electrons. The van der Waals surface area contributed by atoms with Crippen molar-refractivity contribution in [1.82, 2.24) is 9.88 Å². The summed E-state index contributed by atoms with van der Waals surface area (Å²) in [6.07, 6.45) is 3.58. The number of rotatable bonds is 4. The maximum Gasteiger partial charge on any atom is 0.251 e. The Bertz CT molecular complexity index is 478. The number of nitrogens with one attached hydrogen (secondary N) is 1. The molecule has 98 valence electrons. The third-order valence-corrected chi connectivity index (χ3v) is 2.87. The molecule has 1 aliphatic rings. The van der Waals surface area contributed by atoms with Gasteiger partial charge in [0.1, 0.15) is 6.54 Å². The van der Waals surface area contributed by atoms with Gasteiger partial charge in [-0.1, -0.05) is 0 Å². The van der Waals surface area contributed by atoms with Gasteiger partial charge < -0.3 is 20.4 Å². The molecule has 0 aromatic carbocycles. The lowest BCUT2D eigenvalue weighted by molar-refractivity contribution is -0.122. The first-order valence-corrected chi connectivity index (χ1v) is 5.99. The van der Waals surface area contributed by atoms with Crippen molar-refractivity contribution in [3.63, 3.8) is 0 Å². The molecule has 1 unspecified atom stereocenters. The van der Waals surface area contributed by atoms with Gasteiger partial charge in [0.25, 0.3) is 5.56 Å². The lowest BCUT2D eigenvalue weighted by Crippen LogP contribution is -2.36. The number of hydrogen-bond donors (Lipinski definition) is 2. The molecule has 1 aromatic heterocycles. The number of nitrogen functional groups attached to an aromatic ring is 1. The molecular formula is C12H17N3O3. The number of anilines is 1. The van der Waals surface area contributed by atoms with Crippen LogP contribution in [0.15, 0.2) is 23.1 Å². The first-order valence-electron chi connectivity index (χ1n) is 5.99. The van der Waals surface area contributed by atoms with Crippen LogP contribution in [-0.4, -0.2) is 29.7 Å². The van der Waals surface area contributed by atoms with Crippen LogP contribution in [0.5, 0.6) is 0 Å². The Morgan fingerprint density at radius 1 is 1.56 bits per heavy atom. The Labute approximate surface area is 105 Å². The Morgan fingerprint density at radius 2 is 2.39 bits per heavy atom. The Morgan fingerprint density at radius 3 is 3.11 bits per heavy atom. The topological polar surface area (TPSA) is 86.4 Å². The molecule has 1 atom stereocenters. The van der Waals surface area contributed by atoms with Crippen LogP contribution in [0.25, 0.3) is 0 Å². The van der Waals surface area contributed by atoms with Gasteiger partial charge >= 0.3 is 0 Å². The molecule has 0 saturated carbocycles. The molecule has 0 bridgehead atoms. The summed E-state index contributed by atoms with van der Waals surface area (Å²) in [6, 6.07) is 2.87. The molecule has 6 heteroatoms. The highest BCUT2D eigenvalue weighted by Gasteiger charge is 2.16. The maximum absolute atomic E-state index is 11.7. The van der Waals surface area contributed by atoms with Crippen molar-refractivity contribution in [3.05, 3.63) is 28.7 Å². The SMILES string of the molecule is Nc1ccc(=O)n(CC(=O)NCC2CCCO2)c1. The van der Waals surface area contributed by atoms with E-state index in [0.717, 1.165) is 19.4 Å². The summed E-state index contributed by atoms with van der Waals surface area (Å²) in [5, 5.41) is 2.76. The molecule has 3 N–H and O–H groups in total. The average molecular weight is 251 g/mol. The highest BCUT2D eigenvalue weighted by molar-refractivity contribution is 5.75. The van der Waals surface area contributed by atoms with Gasteiger partial charge in [-0.15, -0.1) is 0 Å². The van der Waals surface area contributed by atoms with Crippen molar-refractivity contribution < 1.29 is 9.53 Å². The molecule has 1 aromatic rings. The zero-order valence-corrected chi connectivity index (χ0v) is 10.1. The Balaban J connectivity index is 1.86. The van der Waals surface area contributed by atoms with Crippen molar-refractivity contribution in [2.45, 2.75) is 25.5 Å². The Kier molecular flexibility index (Phi) is 3.99. The molecule has 0 aliphatic carbocycles. The van der Waals surface area contributed by atoms with Crippen molar-refractivity contribution in [1.29, 1.82) is 0 Å². The summed E-state index contributed by atoms with van der Waals surface area (Å²) in [6.45, 7) is 1.24. The van der Waals surface area contributed by atoms with E-state index in [2.05, 4.69) is 5.32 Å². The van der Waals surface area contributed by atoms with Gasteiger partial charge in [0.2, 0.25) is 5.91 Å². The van der Waals surface area contributed by atoms with E-state index in [1.54, 1.807) is 0 Å². The summed E-state index contributed by atoms with van der Waals surface area (Å²) in [4.78, 5) is 23.1. The van der Waals surface area contributed by atoms with E-state index in [1.165, 1.54) is 22.9 Å². The van der Waals surface area contributed by atoms with Gasteiger partial charge in [0.05, 0.1) is 6.10 Å². The van der Waals surface area contributed by atoms with Crippen molar-refractivity contribution in [2.75, 3.05) is 18.9 Å². The minimum Gasteiger partial charge on any atom is -0.398 e. The van der Waals surface area contributed by atoms with Crippen molar-refractivity contribution in [2.24, 2.45) is 0 Å². The van der Waals surface area contributed by atoms with E-state index in [1.807, 2.05) is 0 Å². The predicted octanol–water partition coefficient (Wildman–Crippen LogP) is -0.274. The van der Waals surface area contributed by atoms with Crippen LogP contribution in [0.1, 0.15) is 12.8 Å². The van der Waals surface area contributed by atoms with Crippen LogP contribution in [-0.2, 0) is 16.1 Å². The summed E-state index contributed by atoms with van der Waals surface area (Å²) < 4.78 is 6.68. The number of ether oxygens (including phenoxy) is 1. The zero-order chi connectivity index (χ0) is 13.0. The van der Waals surface area contributed by atoms with Crippen molar-refractivity contribution >= 4 is 11.6 Å². The van der Waals surface area contributed by atoms with Crippen molar-refractivity contribution in [3.8, 4) is 0 Å². The number of carbonyl (C=O) groups excluding carboxylic acids is 1. The largest absolute Gasteiger partial charge is 0.398 e. The number of hydrogen-bond acceptors (Lipinski definition) is 4. The van der Waals surface area contributed by atoms with Gasteiger partial charge in [-0.3, -0.25) is 9.59 Å². The van der Waals surface area contributed by atoms with E-state index in [9.17, 15) is 9.59 Å². The van der Waals surface area contributed by atoms with Gasteiger partial charge in [-0.2, -0.15) is 0 Å². The molecule has 2 rings (SSSR count). The summed E-state index contributed by atoms with van der Waals surface area (Å²) in [5.74, 6) is -0.210. The number of nitrogens with two attached hydrogens (primary N) is 1. The quantitative estimate of drug-likeness (QED) is 0.771. The first kappa shape index (κ1) is 12.6. The van der Waals surface area contributed by atoms with Gasteiger partial charge in [-0.25, -0.2) is 0 Å². The van der Waals surface area contributed by atoms with E-state index in [0.29, 0.717) is 12.2 Å². The predicted molar refractivity (Wildman–Crippen MR) is 67.1 cm³/mol. The molecule has 1 saturated heterocycles. The number of pyridine rings is 1. The normalized spacial score (nSPS) is 18.8. The zero-order valence-electron chi connectivity index (χ0n) is 10.1. The van der Waals surface area contributed by atoms with Crippen LogP contribution in [0.3, 0.4) is 0 Å². The minimum absolute atomic E-state index is 0.0173. The lowest BCUT2D eigenvalue weighted by Gasteiger charge is -2.11. The third kappa shape index (κ3) is 3.33. The van der Waals surface area contributed by atoms with Gasteiger partial charge in [0, 0.05) is 31.1 Å². The number of nitrogens with zero attached hydrogens (tertiary/aromatic N) is 1. The molecule has 1 amide bonds. The van der Waals surface area contributed by atoms with E-state index in [4.69, 9.17) is 10.5 Å². The van der Waals surface area contributed by atoms with Crippen LogP contribution in [0, 0.1) is 0 Å². The number of amides is 1. The highest BCUT2D eigenvalue weighted by Crippen LogP contribution is 2.10. The molecular weight excluding hydrogens is 234 g/mol. The van der Waals surface area contributed by atoms with E-state index >= 15 is 0 Å². The second-order valence-electron chi connectivity index (χ2n) is 4.37. The molecule has 1 aliphatic heterocycles. The maximum atomic E-state index is 11.7. The summed E-state index contributed by atoms with van der Waals surface area (Å²) in [7, 11) is 0. The molecule has 6 nitrogen and oxygen atoms in total. The monoisotopic (exact) mass is 251 g/mol. The fourth-order valence-corrected chi connectivity index (χ4v) is 1.92. The second-order valence-corrected chi connectivity index (χ2v) is 4.37. The fourth-order valence-electron chi connectivity index (χ4n) is 1.92. The van der Waals surface area contributed by atoms with E-state index in [-0.39, 0.29) is 24.1 Å². The van der Waals surface area contributed by atoms with Crippen LogP contribution >= 0.6 is 0 Å². The summed E-state index contributed by atoms with van der Waals surface area (Å²) >= 11 is 0. The fraction of sp³-hybridized carbons (Fsp3) is 0.500. The van der Waals surface area contributed by atoms with Gasteiger partial charge in [-0.05, 0) is 18.9 Å². The van der Waals surface area contributed by atoms with Crippen LogP contribution in [0.2, 0.25) is 0 Å². The first-order chi connectivity index (χ1) is 8.65. The molecule has 0 spiro atoms. The van der Waals surface area contributed by atoms with Gasteiger partial charge in [0.15, 0.2) is 0 Å². The lowest BCUT2D eigenvalue weighted by atomic mass is 10.2. The highest BCUT2D eigenvalue weighted by atomic mass is 16.5. The molecule has 2 heterocycles. The van der Waals surface area contributed by atoms with E-state index < -0.39 is 0 Å². The smallest absolute Gasteiger partial charge is 0.251 e. The van der Waals surface area contributed by atoms with Crippen LogP contribution < -0.4 is 16.6 Å². The van der Waals surface area contributed by atoms with Crippen LogP contribution in [0.4, 0.5) is 5.69 Å². The minimum atomic E-state index is -0.239. The second kappa shape index (κ2) is 5.68. The molecule has 18 heavy (non-hydrogen) atoms. The molecule has 1 fully saturated rings. The summed E-state index contributed by atoms with van der Waals surface area (Å²) in [5.41, 5.74) is 5.79. The standard InChI is InChI=1S/C12H17N3O3/c13-9-3-4-12(17)15(7-9)8-11(16)14-6-10-2-1-5-18-10/h3-4,7,10H,1-2,5-6,8,13H2,(H,14,16). The number of carbonyl (C=O) groups is 1. The average Bonchev–Trinajstić information content (AvgIpc) is 2.84.